The lowest BCUT2D eigenvalue weighted by molar-refractivity contribution is -0.122. The van der Waals surface area contributed by atoms with Gasteiger partial charge in [0.05, 0.1) is 17.0 Å². The summed E-state index contributed by atoms with van der Waals surface area (Å²) in [5.41, 5.74) is 1.17. The van der Waals surface area contributed by atoms with Crippen LogP contribution in [0.5, 0.6) is 0 Å². The third-order valence-corrected chi connectivity index (χ3v) is 8.02. The zero-order valence-electron chi connectivity index (χ0n) is 17.3. The van der Waals surface area contributed by atoms with Crippen molar-refractivity contribution in [2.24, 2.45) is 0 Å². The molecule has 2 aromatic carbocycles. The molecule has 31 heavy (non-hydrogen) atoms. The van der Waals surface area contributed by atoms with Gasteiger partial charge in [0.1, 0.15) is 11.9 Å². The molecule has 2 aromatic rings. The maximum atomic E-state index is 13.7. The highest BCUT2D eigenvalue weighted by molar-refractivity contribution is 7.89. The molecular formula is C23H25FN2O4S. The minimum Gasteiger partial charge on any atom is -0.274 e. The number of anilines is 1. The predicted octanol–water partition coefficient (Wildman–Crippen LogP) is 3.79. The van der Waals surface area contributed by atoms with Crippen LogP contribution < -0.4 is 4.90 Å². The van der Waals surface area contributed by atoms with Crippen LogP contribution in [0.15, 0.2) is 53.4 Å². The average Bonchev–Trinajstić information content (AvgIpc) is 3.03. The van der Waals surface area contributed by atoms with Crippen molar-refractivity contribution >= 4 is 27.5 Å². The monoisotopic (exact) mass is 444 g/mol. The van der Waals surface area contributed by atoms with E-state index in [1.807, 2.05) is 6.92 Å². The molecule has 1 heterocycles. The highest BCUT2D eigenvalue weighted by Crippen LogP contribution is 2.35. The number of hydrogen-bond donors (Lipinski definition) is 0. The van der Waals surface area contributed by atoms with Crippen LogP contribution in [0.25, 0.3) is 0 Å². The standard InChI is InChI=1S/C23H25FN2O4S/c1-16-7-13-20(14-8-16)31(29,30)26(19-5-3-2-4-6-19)21-15-22(27)25(23(21)28)18-11-9-17(24)10-12-18/h7-14,19,21H,2-6,15H2,1H3. The molecule has 1 aliphatic carbocycles. The Bertz CT molecular complexity index is 1080. The second-order valence-electron chi connectivity index (χ2n) is 8.20. The fourth-order valence-corrected chi connectivity index (χ4v) is 6.29. The van der Waals surface area contributed by atoms with Crippen molar-refractivity contribution in [2.75, 3.05) is 4.90 Å². The number of benzene rings is 2. The number of rotatable bonds is 5. The molecule has 0 radical (unpaired) electrons. The molecule has 6 nitrogen and oxygen atoms in total. The van der Waals surface area contributed by atoms with Gasteiger partial charge in [0.2, 0.25) is 15.9 Å². The minimum atomic E-state index is -4.00. The normalized spacial score (nSPS) is 20.6. The van der Waals surface area contributed by atoms with Gasteiger partial charge in [-0.15, -0.1) is 0 Å². The van der Waals surface area contributed by atoms with Crippen LogP contribution in [0.3, 0.4) is 0 Å². The van der Waals surface area contributed by atoms with Crippen molar-refractivity contribution in [3.05, 3.63) is 59.9 Å². The molecule has 1 atom stereocenters. The maximum Gasteiger partial charge on any atom is 0.252 e. The van der Waals surface area contributed by atoms with Crippen molar-refractivity contribution in [3.8, 4) is 0 Å². The quantitative estimate of drug-likeness (QED) is 0.658. The first-order chi connectivity index (χ1) is 14.8. The number of nitrogens with zero attached hydrogens (tertiary/aromatic N) is 2. The molecule has 2 amide bonds. The summed E-state index contributed by atoms with van der Waals surface area (Å²) in [4.78, 5) is 27.2. The van der Waals surface area contributed by atoms with E-state index >= 15 is 0 Å². The molecule has 1 unspecified atom stereocenters. The topological polar surface area (TPSA) is 74.8 Å². The Labute approximate surface area is 181 Å². The summed E-state index contributed by atoms with van der Waals surface area (Å²) in [6, 6.07) is 10.1. The van der Waals surface area contributed by atoms with Crippen LogP contribution in [0.1, 0.15) is 44.1 Å². The average molecular weight is 445 g/mol. The number of aryl methyl sites for hydroxylation is 1. The third kappa shape index (κ3) is 4.14. The highest BCUT2D eigenvalue weighted by atomic mass is 32.2. The van der Waals surface area contributed by atoms with Gasteiger partial charge in [0.25, 0.3) is 5.91 Å². The number of imide groups is 1. The van der Waals surface area contributed by atoms with E-state index in [0.29, 0.717) is 12.8 Å². The molecule has 8 heteroatoms. The second kappa shape index (κ2) is 8.51. The Morgan fingerprint density at radius 1 is 0.935 bits per heavy atom. The molecule has 2 fully saturated rings. The summed E-state index contributed by atoms with van der Waals surface area (Å²) in [7, 11) is -4.00. The predicted molar refractivity (Wildman–Crippen MR) is 114 cm³/mol. The van der Waals surface area contributed by atoms with Crippen molar-refractivity contribution in [3.63, 3.8) is 0 Å². The fourth-order valence-electron chi connectivity index (χ4n) is 4.46. The first-order valence-electron chi connectivity index (χ1n) is 10.5. The fraction of sp³-hybridized carbons (Fsp3) is 0.391. The summed E-state index contributed by atoms with van der Waals surface area (Å²) < 4.78 is 41.9. The lowest BCUT2D eigenvalue weighted by atomic mass is 9.94. The summed E-state index contributed by atoms with van der Waals surface area (Å²) in [6.07, 6.45) is 3.85. The van der Waals surface area contributed by atoms with Crippen molar-refractivity contribution < 1.29 is 22.4 Å². The van der Waals surface area contributed by atoms with E-state index in [4.69, 9.17) is 0 Å². The first kappa shape index (κ1) is 21.6. The number of halogens is 1. The van der Waals surface area contributed by atoms with E-state index in [1.54, 1.807) is 24.3 Å². The molecule has 1 saturated carbocycles. The van der Waals surface area contributed by atoms with Gasteiger partial charge in [-0.3, -0.25) is 9.59 Å². The molecule has 0 aromatic heterocycles. The van der Waals surface area contributed by atoms with Gasteiger partial charge < -0.3 is 0 Å². The molecular weight excluding hydrogens is 419 g/mol. The lowest BCUT2D eigenvalue weighted by Crippen LogP contribution is -2.51. The Morgan fingerprint density at radius 3 is 2.16 bits per heavy atom. The molecule has 1 aliphatic heterocycles. The zero-order chi connectivity index (χ0) is 22.2. The van der Waals surface area contributed by atoms with Gasteiger partial charge in [0.15, 0.2) is 0 Å². The molecule has 0 spiro atoms. The molecule has 2 aliphatic rings. The number of amides is 2. The van der Waals surface area contributed by atoms with Crippen LogP contribution in [-0.4, -0.2) is 36.6 Å². The Morgan fingerprint density at radius 2 is 1.55 bits per heavy atom. The summed E-state index contributed by atoms with van der Waals surface area (Å²) in [5.74, 6) is -1.55. The largest absolute Gasteiger partial charge is 0.274 e. The van der Waals surface area contributed by atoms with Crippen LogP contribution in [-0.2, 0) is 19.6 Å². The summed E-state index contributed by atoms with van der Waals surface area (Å²) in [5, 5.41) is 0. The summed E-state index contributed by atoms with van der Waals surface area (Å²) >= 11 is 0. The zero-order valence-corrected chi connectivity index (χ0v) is 18.1. The Hall–Kier alpha value is -2.58. The molecule has 164 valence electrons. The SMILES string of the molecule is Cc1ccc(S(=O)(=O)N(C2CCCCC2)C2CC(=O)N(c3ccc(F)cc3)C2=O)cc1. The third-order valence-electron chi connectivity index (χ3n) is 6.05. The molecule has 4 rings (SSSR count). The minimum absolute atomic E-state index is 0.115. The maximum absolute atomic E-state index is 13.7. The molecule has 0 bridgehead atoms. The number of hydrogen-bond acceptors (Lipinski definition) is 4. The van der Waals surface area contributed by atoms with Crippen LogP contribution in [0, 0.1) is 12.7 Å². The highest BCUT2D eigenvalue weighted by Gasteiger charge is 2.49. The van der Waals surface area contributed by atoms with Gasteiger partial charge in [-0.1, -0.05) is 37.0 Å². The van der Waals surface area contributed by atoms with Gasteiger partial charge in [-0.05, 0) is 56.2 Å². The van der Waals surface area contributed by atoms with E-state index < -0.39 is 33.7 Å². The van der Waals surface area contributed by atoms with Gasteiger partial charge >= 0.3 is 0 Å². The molecule has 0 N–H and O–H groups in total. The Balaban J connectivity index is 1.73. The van der Waals surface area contributed by atoms with Gasteiger partial charge in [-0.2, -0.15) is 4.31 Å². The van der Waals surface area contributed by atoms with Crippen molar-refractivity contribution in [2.45, 2.75) is 62.4 Å². The van der Waals surface area contributed by atoms with Crippen LogP contribution in [0.2, 0.25) is 0 Å². The van der Waals surface area contributed by atoms with E-state index in [0.717, 1.165) is 29.7 Å². The first-order valence-corrected chi connectivity index (χ1v) is 12.0. The van der Waals surface area contributed by atoms with E-state index in [-0.39, 0.29) is 23.0 Å². The van der Waals surface area contributed by atoms with Gasteiger partial charge in [0, 0.05) is 6.04 Å². The number of carbonyl (C=O) groups is 2. The number of sulfonamides is 1. The van der Waals surface area contributed by atoms with Gasteiger partial charge in [-0.25, -0.2) is 17.7 Å². The van der Waals surface area contributed by atoms with E-state index in [9.17, 15) is 22.4 Å². The van der Waals surface area contributed by atoms with Crippen LogP contribution >= 0.6 is 0 Å². The Kier molecular flexibility index (Phi) is 5.94. The second-order valence-corrected chi connectivity index (χ2v) is 10.0. The van der Waals surface area contributed by atoms with Crippen molar-refractivity contribution in [1.82, 2.24) is 4.31 Å². The van der Waals surface area contributed by atoms with E-state index in [1.165, 1.54) is 28.6 Å². The smallest absolute Gasteiger partial charge is 0.252 e. The lowest BCUT2D eigenvalue weighted by Gasteiger charge is -2.36. The molecule has 1 saturated heterocycles. The van der Waals surface area contributed by atoms with Crippen LogP contribution in [0.4, 0.5) is 10.1 Å². The van der Waals surface area contributed by atoms with E-state index in [2.05, 4.69) is 0 Å². The number of carbonyl (C=O) groups excluding carboxylic acids is 2. The summed E-state index contributed by atoms with van der Waals surface area (Å²) in [6.45, 7) is 1.87. The van der Waals surface area contributed by atoms with Crippen molar-refractivity contribution in [1.29, 1.82) is 0 Å².